The summed E-state index contributed by atoms with van der Waals surface area (Å²) < 4.78 is 15.5. The predicted octanol–water partition coefficient (Wildman–Crippen LogP) is 4.41. The third-order valence-electron chi connectivity index (χ3n) is 4.35. The van der Waals surface area contributed by atoms with Crippen LogP contribution < -0.4 is 5.32 Å². The highest BCUT2D eigenvalue weighted by Crippen LogP contribution is 2.14. The van der Waals surface area contributed by atoms with Crippen molar-refractivity contribution >= 4 is 6.03 Å². The Hall–Kier alpha value is -3.08. The minimum atomic E-state index is -0.241. The average Bonchev–Trinajstić information content (AvgIpc) is 3.09. The van der Waals surface area contributed by atoms with Gasteiger partial charge >= 0.3 is 6.03 Å². The first-order valence-electron chi connectivity index (χ1n) is 9.11. The molecule has 2 amide bonds. The van der Waals surface area contributed by atoms with Crippen molar-refractivity contribution in [3.63, 3.8) is 0 Å². The number of nitrogens with one attached hydrogen (secondary N) is 1. The number of benzene rings is 2. The van der Waals surface area contributed by atoms with Crippen LogP contribution in [0.25, 0.3) is 0 Å². The molecule has 1 N–H and O–H groups in total. The van der Waals surface area contributed by atoms with E-state index in [1.807, 2.05) is 66.2 Å². The Bertz CT molecular complexity index is 876. The van der Waals surface area contributed by atoms with E-state index < -0.39 is 0 Å². The molecule has 0 spiro atoms. The number of aromatic nitrogens is 1. The summed E-state index contributed by atoms with van der Waals surface area (Å²) in [5.74, 6) is -0.241. The van der Waals surface area contributed by atoms with Crippen molar-refractivity contribution in [1.82, 2.24) is 14.8 Å². The van der Waals surface area contributed by atoms with Gasteiger partial charge in [0.15, 0.2) is 0 Å². The Balaban J connectivity index is 1.77. The Kier molecular flexibility index (Phi) is 6.26. The molecule has 0 atom stereocenters. The van der Waals surface area contributed by atoms with Gasteiger partial charge in [0.2, 0.25) is 0 Å². The van der Waals surface area contributed by atoms with Crippen LogP contribution in [0.3, 0.4) is 0 Å². The van der Waals surface area contributed by atoms with Crippen LogP contribution in [-0.2, 0) is 19.6 Å². The molecule has 0 aliphatic rings. The lowest BCUT2D eigenvalue weighted by Crippen LogP contribution is -2.39. The van der Waals surface area contributed by atoms with Crippen LogP contribution in [-0.4, -0.2) is 22.0 Å². The molecule has 1 heterocycles. The number of amides is 2. The molecular weight excluding hydrogens is 341 g/mol. The van der Waals surface area contributed by atoms with Gasteiger partial charge in [-0.05, 0) is 42.3 Å². The number of halogens is 1. The number of nitrogens with zero attached hydrogens (tertiary/aromatic N) is 2. The van der Waals surface area contributed by atoms with E-state index in [1.165, 1.54) is 12.1 Å². The van der Waals surface area contributed by atoms with Crippen molar-refractivity contribution in [2.75, 3.05) is 6.54 Å². The lowest BCUT2D eigenvalue weighted by Gasteiger charge is -2.24. The van der Waals surface area contributed by atoms with Gasteiger partial charge in [-0.2, -0.15) is 0 Å². The largest absolute Gasteiger partial charge is 0.345 e. The fourth-order valence-electron chi connectivity index (χ4n) is 3.04. The maximum absolute atomic E-state index is 13.5. The topological polar surface area (TPSA) is 37.3 Å². The van der Waals surface area contributed by atoms with Crippen molar-refractivity contribution in [2.45, 2.75) is 26.6 Å². The van der Waals surface area contributed by atoms with E-state index in [4.69, 9.17) is 0 Å². The lowest BCUT2D eigenvalue weighted by molar-refractivity contribution is 0.191. The fourth-order valence-corrected chi connectivity index (χ4v) is 3.04. The van der Waals surface area contributed by atoms with E-state index in [2.05, 4.69) is 5.32 Å². The monoisotopic (exact) mass is 365 g/mol. The van der Waals surface area contributed by atoms with Crippen LogP contribution in [0.1, 0.15) is 23.7 Å². The van der Waals surface area contributed by atoms with Gasteiger partial charge in [0.1, 0.15) is 5.82 Å². The highest BCUT2D eigenvalue weighted by atomic mass is 19.1. The zero-order valence-corrected chi connectivity index (χ0v) is 15.4. The van der Waals surface area contributed by atoms with E-state index in [1.54, 1.807) is 11.0 Å². The quantitative estimate of drug-likeness (QED) is 0.662. The molecule has 2 aromatic carbocycles. The highest BCUT2D eigenvalue weighted by Gasteiger charge is 2.15. The second kappa shape index (κ2) is 9.03. The van der Waals surface area contributed by atoms with Crippen LogP contribution in [0.2, 0.25) is 0 Å². The minimum Gasteiger partial charge on any atom is -0.345 e. The molecule has 0 aliphatic heterocycles. The van der Waals surface area contributed by atoms with Crippen LogP contribution in [0.15, 0.2) is 72.9 Å². The second-order valence-electron chi connectivity index (χ2n) is 6.43. The van der Waals surface area contributed by atoms with Gasteiger partial charge in [-0.3, -0.25) is 0 Å². The van der Waals surface area contributed by atoms with E-state index in [9.17, 15) is 9.18 Å². The zero-order chi connectivity index (χ0) is 19.1. The number of carbonyl (C=O) groups excluding carboxylic acids is 1. The Morgan fingerprint density at radius 1 is 1.00 bits per heavy atom. The summed E-state index contributed by atoms with van der Waals surface area (Å²) in [6.45, 7) is 4.05. The standard InChI is InChI=1S/C22H24FN3O/c1-2-24-22(27)26(15-18-8-4-3-5-9-18)17-21-12-7-13-25(21)16-19-10-6-11-20(23)14-19/h3-14H,2,15-17H2,1H3,(H,24,27). The van der Waals surface area contributed by atoms with Gasteiger partial charge in [-0.25, -0.2) is 9.18 Å². The Labute approximate surface area is 159 Å². The molecule has 0 saturated heterocycles. The molecule has 0 bridgehead atoms. The van der Waals surface area contributed by atoms with Crippen LogP contribution in [0, 0.1) is 5.82 Å². The van der Waals surface area contributed by atoms with Crippen molar-refractivity contribution < 1.29 is 9.18 Å². The van der Waals surface area contributed by atoms with Gasteiger partial charge in [0, 0.05) is 31.5 Å². The number of urea groups is 1. The minimum absolute atomic E-state index is 0.0974. The van der Waals surface area contributed by atoms with Crippen molar-refractivity contribution in [3.05, 3.63) is 95.6 Å². The Morgan fingerprint density at radius 3 is 2.52 bits per heavy atom. The van der Waals surface area contributed by atoms with E-state index in [0.29, 0.717) is 26.2 Å². The summed E-state index contributed by atoms with van der Waals surface area (Å²) in [6, 6.07) is 20.4. The second-order valence-corrected chi connectivity index (χ2v) is 6.43. The first-order chi connectivity index (χ1) is 13.2. The van der Waals surface area contributed by atoms with Crippen molar-refractivity contribution in [1.29, 1.82) is 0 Å². The SMILES string of the molecule is CCNC(=O)N(Cc1ccccc1)Cc1cccn1Cc1cccc(F)c1. The van der Waals surface area contributed by atoms with Gasteiger partial charge in [-0.1, -0.05) is 42.5 Å². The number of rotatable bonds is 7. The summed E-state index contributed by atoms with van der Waals surface area (Å²) in [5, 5.41) is 2.88. The predicted molar refractivity (Wildman–Crippen MR) is 105 cm³/mol. The van der Waals surface area contributed by atoms with Crippen LogP contribution >= 0.6 is 0 Å². The summed E-state index contributed by atoms with van der Waals surface area (Å²) in [4.78, 5) is 14.3. The maximum Gasteiger partial charge on any atom is 0.318 e. The molecule has 0 radical (unpaired) electrons. The number of hydrogen-bond acceptors (Lipinski definition) is 1. The molecule has 3 rings (SSSR count). The molecule has 1 aromatic heterocycles. The molecule has 5 heteroatoms. The normalized spacial score (nSPS) is 10.6. The van der Waals surface area contributed by atoms with Crippen molar-refractivity contribution in [3.8, 4) is 0 Å². The molecule has 0 saturated carbocycles. The molecule has 0 unspecified atom stereocenters. The highest BCUT2D eigenvalue weighted by molar-refractivity contribution is 5.74. The first-order valence-corrected chi connectivity index (χ1v) is 9.11. The van der Waals surface area contributed by atoms with E-state index in [0.717, 1.165) is 16.8 Å². The Morgan fingerprint density at radius 2 is 1.78 bits per heavy atom. The summed E-state index contributed by atoms with van der Waals surface area (Å²) in [7, 11) is 0. The fraction of sp³-hybridized carbons (Fsp3) is 0.227. The lowest BCUT2D eigenvalue weighted by atomic mass is 10.2. The van der Waals surface area contributed by atoms with Gasteiger partial charge in [0.05, 0.1) is 6.54 Å². The third-order valence-corrected chi connectivity index (χ3v) is 4.35. The van der Waals surface area contributed by atoms with Crippen LogP contribution in [0.5, 0.6) is 0 Å². The molecule has 3 aromatic rings. The number of carbonyl (C=O) groups is 1. The van der Waals surface area contributed by atoms with Crippen molar-refractivity contribution in [2.24, 2.45) is 0 Å². The molecule has 0 fully saturated rings. The maximum atomic E-state index is 13.5. The molecule has 4 nitrogen and oxygen atoms in total. The molecule has 27 heavy (non-hydrogen) atoms. The summed E-state index contributed by atoms with van der Waals surface area (Å²) in [6.07, 6.45) is 1.96. The third kappa shape index (κ3) is 5.20. The van der Waals surface area contributed by atoms with Gasteiger partial charge in [0.25, 0.3) is 0 Å². The smallest absolute Gasteiger partial charge is 0.318 e. The van der Waals surface area contributed by atoms with Crippen LogP contribution in [0.4, 0.5) is 9.18 Å². The molecule has 0 aliphatic carbocycles. The molecule has 140 valence electrons. The van der Waals surface area contributed by atoms with Gasteiger partial charge < -0.3 is 14.8 Å². The molecular formula is C22H24FN3O. The van der Waals surface area contributed by atoms with E-state index in [-0.39, 0.29) is 11.8 Å². The summed E-state index contributed by atoms with van der Waals surface area (Å²) >= 11 is 0. The number of hydrogen-bond donors (Lipinski definition) is 1. The average molecular weight is 365 g/mol. The first kappa shape index (κ1) is 18.7. The zero-order valence-electron chi connectivity index (χ0n) is 15.4. The van der Waals surface area contributed by atoms with E-state index >= 15 is 0 Å². The van der Waals surface area contributed by atoms with Gasteiger partial charge in [-0.15, -0.1) is 0 Å². The summed E-state index contributed by atoms with van der Waals surface area (Å²) in [5.41, 5.74) is 2.97.